The van der Waals surface area contributed by atoms with Crippen molar-refractivity contribution in [2.24, 2.45) is 0 Å². The van der Waals surface area contributed by atoms with Crippen molar-refractivity contribution in [1.82, 2.24) is 10.6 Å². The van der Waals surface area contributed by atoms with E-state index in [1.165, 1.54) is 0 Å². The summed E-state index contributed by atoms with van der Waals surface area (Å²) in [6.07, 6.45) is 0.322. The molecule has 0 fully saturated rings. The molecule has 4 nitrogen and oxygen atoms in total. The molecule has 2 N–H and O–H groups in total. The van der Waals surface area contributed by atoms with E-state index in [-0.39, 0.29) is 6.03 Å². The van der Waals surface area contributed by atoms with E-state index in [0.717, 1.165) is 10.0 Å². The fraction of sp³-hybridized carbons (Fsp3) is 0.273. The van der Waals surface area contributed by atoms with E-state index in [0.29, 0.717) is 19.5 Å². The molecule has 2 amide bonds. The third kappa shape index (κ3) is 4.32. The Morgan fingerprint density at radius 2 is 2.12 bits per heavy atom. The van der Waals surface area contributed by atoms with Gasteiger partial charge in [0.2, 0.25) is 0 Å². The number of nitrogens with one attached hydrogen (secondary N) is 2. The zero-order chi connectivity index (χ0) is 11.8. The van der Waals surface area contributed by atoms with Gasteiger partial charge in [-0.1, -0.05) is 34.1 Å². The SMILES string of the molecule is N#CCCNC(=O)NCc1ccccc1Br. The molecule has 0 bridgehead atoms. The lowest BCUT2D eigenvalue weighted by Crippen LogP contribution is -2.35. The van der Waals surface area contributed by atoms with Crippen LogP contribution in [0.25, 0.3) is 0 Å². The van der Waals surface area contributed by atoms with Crippen molar-refractivity contribution < 1.29 is 4.79 Å². The number of halogens is 1. The Hall–Kier alpha value is -1.54. The second kappa shape index (κ2) is 6.85. The highest BCUT2D eigenvalue weighted by Gasteiger charge is 2.01. The van der Waals surface area contributed by atoms with E-state index in [2.05, 4.69) is 26.6 Å². The first kappa shape index (κ1) is 12.5. The first-order valence-electron chi connectivity index (χ1n) is 4.86. The number of carbonyl (C=O) groups excluding carboxylic acids is 1. The Balaban J connectivity index is 2.32. The molecule has 1 rings (SSSR count). The Kier molecular flexibility index (Phi) is 5.37. The van der Waals surface area contributed by atoms with Gasteiger partial charge in [0.25, 0.3) is 0 Å². The van der Waals surface area contributed by atoms with Gasteiger partial charge in [-0.3, -0.25) is 0 Å². The molecule has 0 heterocycles. The van der Waals surface area contributed by atoms with Gasteiger partial charge in [0, 0.05) is 17.6 Å². The summed E-state index contributed by atoms with van der Waals surface area (Å²) in [5, 5.41) is 13.6. The Labute approximate surface area is 103 Å². The molecular formula is C11H12BrN3O. The molecular weight excluding hydrogens is 270 g/mol. The molecule has 16 heavy (non-hydrogen) atoms. The minimum absolute atomic E-state index is 0.258. The van der Waals surface area contributed by atoms with Gasteiger partial charge in [0.05, 0.1) is 12.5 Å². The summed E-state index contributed by atoms with van der Waals surface area (Å²) in [7, 11) is 0. The second-order valence-electron chi connectivity index (χ2n) is 3.11. The lowest BCUT2D eigenvalue weighted by Gasteiger charge is -2.07. The van der Waals surface area contributed by atoms with E-state index in [1.807, 2.05) is 30.3 Å². The smallest absolute Gasteiger partial charge is 0.315 e. The van der Waals surface area contributed by atoms with Gasteiger partial charge < -0.3 is 10.6 Å². The first-order valence-corrected chi connectivity index (χ1v) is 5.65. The van der Waals surface area contributed by atoms with Crippen molar-refractivity contribution in [3.63, 3.8) is 0 Å². The van der Waals surface area contributed by atoms with Gasteiger partial charge in [-0.05, 0) is 11.6 Å². The van der Waals surface area contributed by atoms with Gasteiger partial charge in [0.1, 0.15) is 0 Å². The van der Waals surface area contributed by atoms with Crippen molar-refractivity contribution in [2.45, 2.75) is 13.0 Å². The summed E-state index contributed by atoms with van der Waals surface area (Å²) in [4.78, 5) is 11.3. The number of hydrogen-bond acceptors (Lipinski definition) is 2. The summed E-state index contributed by atoms with van der Waals surface area (Å²) >= 11 is 3.40. The number of hydrogen-bond donors (Lipinski definition) is 2. The zero-order valence-corrected chi connectivity index (χ0v) is 10.3. The van der Waals surface area contributed by atoms with Crippen LogP contribution < -0.4 is 10.6 Å². The van der Waals surface area contributed by atoms with Crippen LogP contribution in [-0.2, 0) is 6.54 Å². The Morgan fingerprint density at radius 3 is 2.81 bits per heavy atom. The average molecular weight is 282 g/mol. The van der Waals surface area contributed by atoms with E-state index in [9.17, 15) is 4.79 Å². The van der Waals surface area contributed by atoms with Gasteiger partial charge in [-0.25, -0.2) is 4.79 Å². The minimum Gasteiger partial charge on any atom is -0.337 e. The predicted molar refractivity (Wildman–Crippen MR) is 64.6 cm³/mol. The molecule has 0 saturated carbocycles. The van der Waals surface area contributed by atoms with Crippen molar-refractivity contribution >= 4 is 22.0 Å². The quantitative estimate of drug-likeness (QED) is 0.831. The van der Waals surface area contributed by atoms with Crippen LogP contribution in [0.2, 0.25) is 0 Å². The predicted octanol–water partition coefficient (Wildman–Crippen LogP) is 2.16. The van der Waals surface area contributed by atoms with Crippen molar-refractivity contribution in [1.29, 1.82) is 5.26 Å². The van der Waals surface area contributed by atoms with Crippen molar-refractivity contribution in [2.75, 3.05) is 6.54 Å². The van der Waals surface area contributed by atoms with Gasteiger partial charge in [0.15, 0.2) is 0 Å². The van der Waals surface area contributed by atoms with Gasteiger partial charge in [-0.15, -0.1) is 0 Å². The van der Waals surface area contributed by atoms with Crippen LogP contribution in [0.1, 0.15) is 12.0 Å². The second-order valence-corrected chi connectivity index (χ2v) is 3.96. The third-order valence-corrected chi connectivity index (χ3v) is 2.69. The van der Waals surface area contributed by atoms with Crippen LogP contribution in [0.5, 0.6) is 0 Å². The maximum Gasteiger partial charge on any atom is 0.315 e. The molecule has 0 aromatic heterocycles. The van der Waals surface area contributed by atoms with Crippen LogP contribution in [0.3, 0.4) is 0 Å². The van der Waals surface area contributed by atoms with E-state index in [4.69, 9.17) is 5.26 Å². The largest absolute Gasteiger partial charge is 0.337 e. The fourth-order valence-electron chi connectivity index (χ4n) is 1.11. The van der Waals surface area contributed by atoms with Crippen molar-refractivity contribution in [3.05, 3.63) is 34.3 Å². The lowest BCUT2D eigenvalue weighted by molar-refractivity contribution is 0.240. The number of urea groups is 1. The standard InChI is InChI=1S/C11H12BrN3O/c12-10-5-2-1-4-9(10)8-15-11(16)14-7-3-6-13/h1-2,4-5H,3,7-8H2,(H2,14,15,16). The number of amides is 2. The molecule has 1 aromatic rings. The van der Waals surface area contributed by atoms with Crippen LogP contribution in [-0.4, -0.2) is 12.6 Å². The lowest BCUT2D eigenvalue weighted by atomic mass is 10.2. The summed E-state index contributed by atoms with van der Waals surface area (Å²) in [5.41, 5.74) is 1.01. The molecule has 0 unspecified atom stereocenters. The molecule has 0 aliphatic heterocycles. The molecule has 84 valence electrons. The first-order chi connectivity index (χ1) is 7.74. The van der Waals surface area contributed by atoms with Crippen LogP contribution in [0.4, 0.5) is 4.79 Å². The number of rotatable bonds is 4. The summed E-state index contributed by atoms with van der Waals surface area (Å²) < 4.78 is 0.965. The molecule has 0 radical (unpaired) electrons. The number of carbonyl (C=O) groups is 1. The zero-order valence-electron chi connectivity index (χ0n) is 8.66. The van der Waals surface area contributed by atoms with Crippen LogP contribution in [0.15, 0.2) is 28.7 Å². The summed E-state index contributed by atoms with van der Waals surface area (Å²) in [6.45, 7) is 0.831. The topological polar surface area (TPSA) is 64.9 Å². The highest BCUT2D eigenvalue weighted by atomic mass is 79.9. The average Bonchev–Trinajstić information content (AvgIpc) is 2.28. The fourth-order valence-corrected chi connectivity index (χ4v) is 1.54. The highest BCUT2D eigenvalue weighted by Crippen LogP contribution is 2.14. The monoisotopic (exact) mass is 281 g/mol. The molecule has 0 aliphatic rings. The summed E-state index contributed by atoms with van der Waals surface area (Å²) in [6, 6.07) is 9.38. The summed E-state index contributed by atoms with van der Waals surface area (Å²) in [5.74, 6) is 0. The molecule has 5 heteroatoms. The maximum absolute atomic E-state index is 11.3. The van der Waals surface area contributed by atoms with Crippen LogP contribution in [0, 0.1) is 11.3 Å². The number of nitriles is 1. The van der Waals surface area contributed by atoms with E-state index < -0.39 is 0 Å². The third-order valence-electron chi connectivity index (χ3n) is 1.92. The highest BCUT2D eigenvalue weighted by molar-refractivity contribution is 9.10. The minimum atomic E-state index is -0.258. The van der Waals surface area contributed by atoms with Gasteiger partial charge in [-0.2, -0.15) is 5.26 Å². The van der Waals surface area contributed by atoms with Gasteiger partial charge >= 0.3 is 6.03 Å². The molecule has 1 aromatic carbocycles. The Morgan fingerprint density at radius 1 is 1.38 bits per heavy atom. The van der Waals surface area contributed by atoms with Crippen LogP contribution >= 0.6 is 15.9 Å². The number of benzene rings is 1. The van der Waals surface area contributed by atoms with Crippen molar-refractivity contribution in [3.8, 4) is 6.07 Å². The normalized spacial score (nSPS) is 9.25. The molecule has 0 spiro atoms. The maximum atomic E-state index is 11.3. The molecule has 0 saturated heterocycles. The number of nitrogens with zero attached hydrogens (tertiary/aromatic N) is 1. The van der Waals surface area contributed by atoms with E-state index >= 15 is 0 Å². The van der Waals surface area contributed by atoms with E-state index in [1.54, 1.807) is 0 Å². The molecule has 0 atom stereocenters. The molecule has 0 aliphatic carbocycles. The Bertz CT molecular complexity index is 400.